The van der Waals surface area contributed by atoms with Crippen LogP contribution >= 0.6 is 11.6 Å². The van der Waals surface area contributed by atoms with E-state index in [1.165, 1.54) is 0 Å². The van der Waals surface area contributed by atoms with Crippen LogP contribution < -0.4 is 5.32 Å². The molecule has 1 unspecified atom stereocenters. The molecular formula is C15H18ClN3O2. The van der Waals surface area contributed by atoms with Gasteiger partial charge in [-0.05, 0) is 44.0 Å². The molecule has 5 nitrogen and oxygen atoms in total. The lowest BCUT2D eigenvalue weighted by Gasteiger charge is -2.11. The van der Waals surface area contributed by atoms with Crippen molar-refractivity contribution in [1.29, 1.82) is 0 Å². The first-order chi connectivity index (χ1) is 10.1. The maximum atomic E-state index is 12.1. The number of aromatic nitrogens is 2. The van der Waals surface area contributed by atoms with Gasteiger partial charge < -0.3 is 10.4 Å². The zero-order chi connectivity index (χ0) is 15.2. The van der Waals surface area contributed by atoms with Crippen LogP contribution in [0.1, 0.15) is 30.3 Å². The lowest BCUT2D eigenvalue weighted by atomic mass is 10.2. The number of rotatable bonds is 6. The summed E-state index contributed by atoms with van der Waals surface area (Å²) in [7, 11) is 0. The van der Waals surface area contributed by atoms with E-state index in [1.807, 2.05) is 19.1 Å². The molecule has 112 valence electrons. The number of hydrogen-bond acceptors (Lipinski definition) is 3. The number of carbonyl (C=O) groups excluding carboxylic acids is 1. The smallest absolute Gasteiger partial charge is 0.271 e. The molecule has 1 heterocycles. The summed E-state index contributed by atoms with van der Waals surface area (Å²) >= 11 is 5.94. The van der Waals surface area contributed by atoms with Gasteiger partial charge in [0.05, 0.1) is 5.69 Å². The Labute approximate surface area is 128 Å². The number of benzene rings is 1. The van der Waals surface area contributed by atoms with Gasteiger partial charge in [0.15, 0.2) is 5.69 Å². The van der Waals surface area contributed by atoms with Crippen LogP contribution in [-0.2, 0) is 0 Å². The number of nitrogens with one attached hydrogen (secondary N) is 1. The second-order valence-electron chi connectivity index (χ2n) is 4.87. The fourth-order valence-corrected chi connectivity index (χ4v) is 2.16. The molecule has 0 aliphatic rings. The van der Waals surface area contributed by atoms with Gasteiger partial charge in [-0.15, -0.1) is 0 Å². The minimum Gasteiger partial charge on any atom is -0.396 e. The maximum Gasteiger partial charge on any atom is 0.271 e. The zero-order valence-corrected chi connectivity index (χ0v) is 12.5. The summed E-state index contributed by atoms with van der Waals surface area (Å²) in [5.41, 5.74) is 1.15. The van der Waals surface area contributed by atoms with Crippen molar-refractivity contribution in [3.05, 3.63) is 47.2 Å². The lowest BCUT2D eigenvalue weighted by molar-refractivity contribution is 0.0931. The second kappa shape index (κ2) is 7.24. The highest BCUT2D eigenvalue weighted by atomic mass is 35.5. The Bertz CT molecular complexity index is 612. The van der Waals surface area contributed by atoms with Gasteiger partial charge in [-0.2, -0.15) is 5.10 Å². The monoisotopic (exact) mass is 307 g/mol. The molecule has 2 N–H and O–H groups in total. The third-order valence-electron chi connectivity index (χ3n) is 3.07. The van der Waals surface area contributed by atoms with Gasteiger partial charge in [-0.1, -0.05) is 17.7 Å². The SMILES string of the molecule is CC(CCCO)NC(=O)c1ccn(-c2cccc(Cl)c2)n1. The molecule has 0 radical (unpaired) electrons. The molecular weight excluding hydrogens is 290 g/mol. The highest BCUT2D eigenvalue weighted by Crippen LogP contribution is 2.14. The van der Waals surface area contributed by atoms with Gasteiger partial charge in [-0.25, -0.2) is 4.68 Å². The normalized spacial score (nSPS) is 12.1. The van der Waals surface area contributed by atoms with Gasteiger partial charge in [0.2, 0.25) is 0 Å². The molecule has 1 aromatic heterocycles. The Morgan fingerprint density at radius 1 is 1.48 bits per heavy atom. The van der Waals surface area contributed by atoms with Crippen molar-refractivity contribution in [2.45, 2.75) is 25.8 Å². The van der Waals surface area contributed by atoms with Crippen molar-refractivity contribution in [3.63, 3.8) is 0 Å². The van der Waals surface area contributed by atoms with E-state index in [2.05, 4.69) is 10.4 Å². The minimum absolute atomic E-state index is 0.000898. The van der Waals surface area contributed by atoms with Crippen LogP contribution in [-0.4, -0.2) is 33.4 Å². The van der Waals surface area contributed by atoms with Crippen LogP contribution in [0.4, 0.5) is 0 Å². The molecule has 0 spiro atoms. The van der Waals surface area contributed by atoms with Gasteiger partial charge in [-0.3, -0.25) is 4.79 Å². The molecule has 1 atom stereocenters. The van der Waals surface area contributed by atoms with Crippen LogP contribution in [0, 0.1) is 0 Å². The summed E-state index contributed by atoms with van der Waals surface area (Å²) in [6.07, 6.45) is 3.12. The molecule has 0 saturated carbocycles. The van der Waals surface area contributed by atoms with Gasteiger partial charge >= 0.3 is 0 Å². The van der Waals surface area contributed by atoms with Crippen molar-refractivity contribution in [3.8, 4) is 5.69 Å². The Hall–Kier alpha value is -1.85. The second-order valence-corrected chi connectivity index (χ2v) is 5.30. The summed E-state index contributed by atoms with van der Waals surface area (Å²) in [4.78, 5) is 12.1. The maximum absolute atomic E-state index is 12.1. The summed E-state index contributed by atoms with van der Waals surface area (Å²) in [6, 6.07) is 8.92. The molecule has 0 bridgehead atoms. The molecule has 0 aliphatic heterocycles. The van der Waals surface area contributed by atoms with Crippen LogP contribution in [0.5, 0.6) is 0 Å². The van der Waals surface area contributed by atoms with Crippen LogP contribution in [0.3, 0.4) is 0 Å². The lowest BCUT2D eigenvalue weighted by Crippen LogP contribution is -2.33. The third-order valence-corrected chi connectivity index (χ3v) is 3.30. The van der Waals surface area contributed by atoms with Crippen molar-refractivity contribution < 1.29 is 9.90 Å². The number of aliphatic hydroxyl groups is 1. The molecule has 6 heteroatoms. The summed E-state index contributed by atoms with van der Waals surface area (Å²) in [6.45, 7) is 2.03. The first-order valence-electron chi connectivity index (χ1n) is 6.83. The van der Waals surface area contributed by atoms with E-state index in [0.29, 0.717) is 17.1 Å². The average Bonchev–Trinajstić information content (AvgIpc) is 2.95. The Balaban J connectivity index is 2.04. The standard InChI is InChI=1S/C15H18ClN3O2/c1-11(4-3-9-20)17-15(21)14-7-8-19(18-14)13-6-2-5-12(16)10-13/h2,5-8,10-11,20H,3-4,9H2,1H3,(H,17,21). The predicted molar refractivity (Wildman–Crippen MR) is 81.8 cm³/mol. The van der Waals surface area contributed by atoms with Crippen LogP contribution in [0.15, 0.2) is 36.5 Å². The zero-order valence-electron chi connectivity index (χ0n) is 11.8. The first kappa shape index (κ1) is 15.5. The molecule has 2 aromatic rings. The Morgan fingerprint density at radius 2 is 2.29 bits per heavy atom. The molecule has 1 amide bonds. The molecule has 0 aliphatic carbocycles. The average molecular weight is 308 g/mol. The topological polar surface area (TPSA) is 67.2 Å². The highest BCUT2D eigenvalue weighted by molar-refractivity contribution is 6.30. The summed E-state index contributed by atoms with van der Waals surface area (Å²) in [5, 5.41) is 16.5. The third kappa shape index (κ3) is 4.31. The van der Waals surface area contributed by atoms with E-state index in [-0.39, 0.29) is 18.6 Å². The Morgan fingerprint density at radius 3 is 3.00 bits per heavy atom. The van der Waals surface area contributed by atoms with Crippen molar-refractivity contribution in [2.75, 3.05) is 6.61 Å². The minimum atomic E-state index is -0.221. The van der Waals surface area contributed by atoms with Crippen molar-refractivity contribution in [2.24, 2.45) is 0 Å². The first-order valence-corrected chi connectivity index (χ1v) is 7.21. The predicted octanol–water partition coefficient (Wildman–Crippen LogP) is 2.42. The van der Waals surface area contributed by atoms with Crippen molar-refractivity contribution in [1.82, 2.24) is 15.1 Å². The van der Waals surface area contributed by atoms with E-state index in [4.69, 9.17) is 16.7 Å². The largest absolute Gasteiger partial charge is 0.396 e. The molecule has 1 aromatic carbocycles. The van der Waals surface area contributed by atoms with Gasteiger partial charge in [0.25, 0.3) is 5.91 Å². The summed E-state index contributed by atoms with van der Waals surface area (Å²) in [5.74, 6) is -0.221. The number of hydrogen-bond donors (Lipinski definition) is 2. The van der Waals surface area contributed by atoms with E-state index in [1.54, 1.807) is 29.1 Å². The molecule has 0 saturated heterocycles. The van der Waals surface area contributed by atoms with Gasteiger partial charge in [0, 0.05) is 23.9 Å². The molecule has 2 rings (SSSR count). The number of amides is 1. The van der Waals surface area contributed by atoms with E-state index >= 15 is 0 Å². The fraction of sp³-hybridized carbons (Fsp3) is 0.333. The number of carbonyl (C=O) groups is 1. The fourth-order valence-electron chi connectivity index (χ4n) is 1.97. The number of aliphatic hydroxyl groups excluding tert-OH is 1. The number of halogens is 1. The quantitative estimate of drug-likeness (QED) is 0.861. The van der Waals surface area contributed by atoms with Crippen LogP contribution in [0.2, 0.25) is 5.02 Å². The van der Waals surface area contributed by atoms with E-state index < -0.39 is 0 Å². The van der Waals surface area contributed by atoms with Crippen molar-refractivity contribution >= 4 is 17.5 Å². The van der Waals surface area contributed by atoms with E-state index in [0.717, 1.165) is 12.1 Å². The van der Waals surface area contributed by atoms with Gasteiger partial charge in [0.1, 0.15) is 0 Å². The Kier molecular flexibility index (Phi) is 5.36. The van der Waals surface area contributed by atoms with E-state index in [9.17, 15) is 4.79 Å². The summed E-state index contributed by atoms with van der Waals surface area (Å²) < 4.78 is 1.61. The number of nitrogens with zero attached hydrogens (tertiary/aromatic N) is 2. The molecule has 21 heavy (non-hydrogen) atoms. The van der Waals surface area contributed by atoms with Crippen LogP contribution in [0.25, 0.3) is 5.69 Å². The highest BCUT2D eigenvalue weighted by Gasteiger charge is 2.13. The molecule has 0 fully saturated rings.